The first-order chi connectivity index (χ1) is 16.9. The van der Waals surface area contributed by atoms with E-state index in [0.717, 1.165) is 36.6 Å². The lowest BCUT2D eigenvalue weighted by atomic mass is 9.82. The third-order valence-corrected chi connectivity index (χ3v) is 6.86. The van der Waals surface area contributed by atoms with Crippen molar-refractivity contribution in [3.8, 4) is 28.5 Å². The maximum absolute atomic E-state index is 14.6. The van der Waals surface area contributed by atoms with Crippen LogP contribution in [0.3, 0.4) is 0 Å². The maximum atomic E-state index is 14.6. The van der Waals surface area contributed by atoms with Crippen molar-refractivity contribution < 1.29 is 14.3 Å². The second-order valence-corrected chi connectivity index (χ2v) is 9.08. The highest BCUT2D eigenvalue weighted by Crippen LogP contribution is 2.40. The van der Waals surface area contributed by atoms with Gasteiger partial charge in [0.25, 0.3) is 0 Å². The van der Waals surface area contributed by atoms with Crippen molar-refractivity contribution in [2.45, 2.75) is 37.6 Å². The van der Waals surface area contributed by atoms with Gasteiger partial charge in [0.2, 0.25) is 0 Å². The fraction of sp³-hybridized carbons (Fsp3) is 0.259. The van der Waals surface area contributed by atoms with Gasteiger partial charge in [-0.15, -0.1) is 0 Å². The smallest absolute Gasteiger partial charge is 0.336 e. The summed E-state index contributed by atoms with van der Waals surface area (Å²) >= 11 is 0. The van der Waals surface area contributed by atoms with E-state index in [2.05, 4.69) is 5.10 Å². The molecule has 35 heavy (non-hydrogen) atoms. The molecule has 1 fully saturated rings. The number of hydrogen-bond donors (Lipinski definition) is 2. The predicted octanol–water partition coefficient (Wildman–Crippen LogP) is 5.00. The number of aromatic carboxylic acids is 1. The number of nitrogens with two attached hydrogens (primary N) is 1. The standard InChI is InChI=1S/C27H24FN5O2/c1-33-24-9-6-16(10-19(24)14-31-33)25-21(27(34)35)12-23(15-4-7-20(30)8-5-15)32-26(25)17-2-3-18(13-29)22(28)11-17/h2-3,6,9-12,14-15,20H,4-5,7-8,30H2,1H3,(H,34,35). The van der Waals surface area contributed by atoms with Crippen LogP contribution in [0.5, 0.6) is 0 Å². The molecule has 4 aromatic rings. The first kappa shape index (κ1) is 22.7. The Kier molecular flexibility index (Phi) is 5.79. The van der Waals surface area contributed by atoms with Gasteiger partial charge in [-0.05, 0) is 61.6 Å². The molecule has 8 heteroatoms. The van der Waals surface area contributed by atoms with E-state index in [1.165, 1.54) is 12.1 Å². The van der Waals surface area contributed by atoms with E-state index >= 15 is 0 Å². The largest absolute Gasteiger partial charge is 0.478 e. The highest BCUT2D eigenvalue weighted by molar-refractivity contribution is 6.02. The summed E-state index contributed by atoms with van der Waals surface area (Å²) < 4.78 is 16.4. The van der Waals surface area contributed by atoms with E-state index in [-0.39, 0.29) is 23.1 Å². The Labute approximate surface area is 201 Å². The summed E-state index contributed by atoms with van der Waals surface area (Å²) in [6.45, 7) is 0. The molecule has 3 N–H and O–H groups in total. The van der Waals surface area contributed by atoms with Crippen molar-refractivity contribution in [1.82, 2.24) is 14.8 Å². The Morgan fingerprint density at radius 2 is 1.89 bits per heavy atom. The fourth-order valence-corrected chi connectivity index (χ4v) is 4.93. The van der Waals surface area contributed by atoms with Crippen molar-refractivity contribution in [2.75, 3.05) is 0 Å². The number of nitriles is 1. The Balaban J connectivity index is 1.77. The zero-order chi connectivity index (χ0) is 24.7. The number of carbonyl (C=O) groups is 1. The molecule has 1 saturated carbocycles. The summed E-state index contributed by atoms with van der Waals surface area (Å²) in [5, 5.41) is 24.5. The highest BCUT2D eigenvalue weighted by Gasteiger charge is 2.27. The Morgan fingerprint density at radius 3 is 2.57 bits per heavy atom. The van der Waals surface area contributed by atoms with Gasteiger partial charge in [0, 0.05) is 41.2 Å². The van der Waals surface area contributed by atoms with Crippen molar-refractivity contribution in [3.05, 3.63) is 71.3 Å². The van der Waals surface area contributed by atoms with Crippen molar-refractivity contribution in [2.24, 2.45) is 12.8 Å². The lowest BCUT2D eigenvalue weighted by Gasteiger charge is -2.27. The highest BCUT2D eigenvalue weighted by atomic mass is 19.1. The summed E-state index contributed by atoms with van der Waals surface area (Å²) in [6, 6.07) is 13.5. The molecule has 0 aliphatic heterocycles. The molecular formula is C27H24FN5O2. The molecule has 7 nitrogen and oxygen atoms in total. The number of benzene rings is 2. The molecule has 0 spiro atoms. The van der Waals surface area contributed by atoms with Gasteiger partial charge in [-0.1, -0.05) is 12.1 Å². The van der Waals surface area contributed by atoms with E-state index in [0.29, 0.717) is 28.1 Å². The molecular weight excluding hydrogens is 445 g/mol. The number of fused-ring (bicyclic) bond motifs is 1. The number of rotatable bonds is 4. The molecule has 0 atom stereocenters. The minimum atomic E-state index is -1.09. The van der Waals surface area contributed by atoms with Gasteiger partial charge in [-0.25, -0.2) is 9.18 Å². The lowest BCUT2D eigenvalue weighted by molar-refractivity contribution is 0.0697. The summed E-state index contributed by atoms with van der Waals surface area (Å²) in [5.41, 5.74) is 9.51. The molecule has 0 bridgehead atoms. The summed E-state index contributed by atoms with van der Waals surface area (Å²) in [6.07, 6.45) is 5.03. The van der Waals surface area contributed by atoms with Gasteiger partial charge in [-0.2, -0.15) is 10.4 Å². The summed E-state index contributed by atoms with van der Waals surface area (Å²) in [5.74, 6) is -1.69. The van der Waals surface area contributed by atoms with Crippen LogP contribution in [0, 0.1) is 17.1 Å². The Hall–Kier alpha value is -4.09. The normalized spacial score (nSPS) is 17.9. The second-order valence-electron chi connectivity index (χ2n) is 9.08. The van der Waals surface area contributed by atoms with Crippen LogP contribution >= 0.6 is 0 Å². The van der Waals surface area contributed by atoms with E-state index in [1.54, 1.807) is 23.0 Å². The van der Waals surface area contributed by atoms with Crippen LogP contribution in [0.4, 0.5) is 4.39 Å². The van der Waals surface area contributed by atoms with Crippen LogP contribution < -0.4 is 5.73 Å². The molecule has 0 radical (unpaired) electrons. The topological polar surface area (TPSA) is 118 Å². The molecule has 5 rings (SSSR count). The number of halogens is 1. The average molecular weight is 470 g/mol. The molecule has 176 valence electrons. The first-order valence-electron chi connectivity index (χ1n) is 11.5. The second kappa shape index (κ2) is 8.93. The quantitative estimate of drug-likeness (QED) is 0.434. The van der Waals surface area contributed by atoms with Crippen molar-refractivity contribution in [1.29, 1.82) is 5.26 Å². The van der Waals surface area contributed by atoms with Crippen LogP contribution in [0.15, 0.2) is 48.7 Å². The van der Waals surface area contributed by atoms with Gasteiger partial charge >= 0.3 is 5.97 Å². The van der Waals surface area contributed by atoms with Crippen LogP contribution in [0.2, 0.25) is 0 Å². The molecule has 2 aromatic heterocycles. The molecule has 2 aromatic carbocycles. The Bertz CT molecular complexity index is 1500. The Morgan fingerprint density at radius 1 is 1.14 bits per heavy atom. The van der Waals surface area contributed by atoms with E-state index in [1.807, 2.05) is 31.3 Å². The minimum absolute atomic E-state index is 0.0738. The van der Waals surface area contributed by atoms with Crippen LogP contribution in [-0.4, -0.2) is 31.9 Å². The van der Waals surface area contributed by atoms with Gasteiger partial charge in [-0.3, -0.25) is 9.67 Å². The third kappa shape index (κ3) is 4.15. The number of aryl methyl sites for hydroxylation is 1. The zero-order valence-corrected chi connectivity index (χ0v) is 19.2. The number of nitrogens with zero attached hydrogens (tertiary/aromatic N) is 4. The molecule has 0 unspecified atom stereocenters. The van der Waals surface area contributed by atoms with E-state index in [9.17, 15) is 14.3 Å². The molecule has 0 amide bonds. The van der Waals surface area contributed by atoms with E-state index in [4.69, 9.17) is 16.0 Å². The van der Waals surface area contributed by atoms with Gasteiger partial charge in [0.15, 0.2) is 0 Å². The monoisotopic (exact) mass is 469 g/mol. The fourth-order valence-electron chi connectivity index (χ4n) is 4.93. The number of aromatic nitrogens is 3. The van der Waals surface area contributed by atoms with Gasteiger partial charge in [0.05, 0.1) is 28.5 Å². The maximum Gasteiger partial charge on any atom is 0.336 e. The van der Waals surface area contributed by atoms with Crippen molar-refractivity contribution in [3.63, 3.8) is 0 Å². The summed E-state index contributed by atoms with van der Waals surface area (Å²) in [7, 11) is 1.84. The predicted molar refractivity (Wildman–Crippen MR) is 130 cm³/mol. The third-order valence-electron chi connectivity index (χ3n) is 6.86. The SMILES string of the molecule is Cn1ncc2cc(-c3c(C(=O)O)cc(C4CCC(N)CC4)nc3-c3ccc(C#N)c(F)c3)ccc21. The molecule has 1 aliphatic carbocycles. The first-order valence-corrected chi connectivity index (χ1v) is 11.5. The number of pyridine rings is 1. The van der Waals surface area contributed by atoms with Crippen LogP contribution in [-0.2, 0) is 7.05 Å². The molecule has 0 saturated heterocycles. The molecule has 2 heterocycles. The molecule has 1 aliphatic rings. The number of carboxylic acids is 1. The summed E-state index contributed by atoms with van der Waals surface area (Å²) in [4.78, 5) is 17.4. The average Bonchev–Trinajstić information content (AvgIpc) is 3.23. The van der Waals surface area contributed by atoms with Crippen LogP contribution in [0.1, 0.15) is 53.2 Å². The number of carboxylic acid groups (broad SMARTS) is 1. The zero-order valence-electron chi connectivity index (χ0n) is 19.2. The minimum Gasteiger partial charge on any atom is -0.478 e. The van der Waals surface area contributed by atoms with Gasteiger partial charge in [0.1, 0.15) is 11.9 Å². The number of hydrogen-bond acceptors (Lipinski definition) is 5. The lowest BCUT2D eigenvalue weighted by Crippen LogP contribution is -2.26. The van der Waals surface area contributed by atoms with Crippen molar-refractivity contribution >= 4 is 16.9 Å². The van der Waals surface area contributed by atoms with E-state index < -0.39 is 11.8 Å². The van der Waals surface area contributed by atoms with Gasteiger partial charge < -0.3 is 10.8 Å². The van der Waals surface area contributed by atoms with Crippen LogP contribution in [0.25, 0.3) is 33.3 Å².